The molecule has 0 aromatic heterocycles. The lowest BCUT2D eigenvalue weighted by molar-refractivity contribution is 0.414. The van der Waals surface area contributed by atoms with Gasteiger partial charge in [0, 0.05) is 18.3 Å². The molecule has 1 heterocycles. The second-order valence-corrected chi connectivity index (χ2v) is 3.71. The quantitative estimate of drug-likeness (QED) is 0.710. The van der Waals surface area contributed by atoms with Crippen LogP contribution in [0.5, 0.6) is 5.75 Å². The zero-order valence-electron chi connectivity index (χ0n) is 8.13. The maximum absolute atomic E-state index is 5.17. The molecule has 0 saturated carbocycles. The number of hydrogen-bond acceptors (Lipinski definition) is 2. The van der Waals surface area contributed by atoms with Crippen LogP contribution in [0.15, 0.2) is 18.2 Å². The number of ether oxygens (including phenoxy) is 1. The van der Waals surface area contributed by atoms with Gasteiger partial charge in [-0.2, -0.15) is 0 Å². The Morgan fingerprint density at radius 2 is 2.31 bits per heavy atom. The largest absolute Gasteiger partial charge is 0.497 e. The van der Waals surface area contributed by atoms with Crippen LogP contribution in [0.2, 0.25) is 0 Å². The van der Waals surface area contributed by atoms with Gasteiger partial charge in [0.1, 0.15) is 5.75 Å². The minimum Gasteiger partial charge on any atom is -0.497 e. The summed E-state index contributed by atoms with van der Waals surface area (Å²) in [5, 5.41) is 3.41. The van der Waals surface area contributed by atoms with Gasteiger partial charge in [-0.3, -0.25) is 0 Å². The molecule has 0 aliphatic carbocycles. The van der Waals surface area contributed by atoms with Gasteiger partial charge in [0.05, 0.1) is 7.11 Å². The first kappa shape index (κ1) is 8.42. The van der Waals surface area contributed by atoms with Crippen LogP contribution in [-0.4, -0.2) is 13.7 Å². The molecule has 1 aromatic carbocycles. The summed E-state index contributed by atoms with van der Waals surface area (Å²) in [5.41, 5.74) is 2.64. The third-order valence-corrected chi connectivity index (χ3v) is 2.53. The van der Waals surface area contributed by atoms with Crippen molar-refractivity contribution in [3.8, 4) is 5.75 Å². The third kappa shape index (κ3) is 1.62. The van der Waals surface area contributed by atoms with Gasteiger partial charge < -0.3 is 10.1 Å². The lowest BCUT2D eigenvalue weighted by Gasteiger charge is -2.23. The van der Waals surface area contributed by atoms with Gasteiger partial charge in [0.25, 0.3) is 0 Å². The van der Waals surface area contributed by atoms with Crippen molar-refractivity contribution in [3.63, 3.8) is 0 Å². The van der Waals surface area contributed by atoms with Gasteiger partial charge in [-0.1, -0.05) is 13.0 Å². The topological polar surface area (TPSA) is 21.3 Å². The van der Waals surface area contributed by atoms with Gasteiger partial charge in [-0.15, -0.1) is 0 Å². The molecule has 0 bridgehead atoms. The van der Waals surface area contributed by atoms with Crippen molar-refractivity contribution in [1.82, 2.24) is 0 Å². The molecule has 13 heavy (non-hydrogen) atoms. The smallest absolute Gasteiger partial charge is 0.120 e. The average molecular weight is 177 g/mol. The van der Waals surface area contributed by atoms with E-state index in [4.69, 9.17) is 4.74 Å². The Kier molecular flexibility index (Phi) is 2.13. The minimum absolute atomic E-state index is 0.737. The Labute approximate surface area is 78.9 Å². The van der Waals surface area contributed by atoms with Crippen LogP contribution in [0, 0.1) is 5.92 Å². The lowest BCUT2D eigenvalue weighted by atomic mass is 9.95. The predicted molar refractivity (Wildman–Crippen MR) is 54.4 cm³/mol. The molecule has 0 amide bonds. The number of nitrogens with one attached hydrogen (secondary N) is 1. The number of anilines is 1. The molecule has 0 fully saturated rings. The normalized spacial score (nSPS) is 20.3. The standard InChI is InChI=1S/C11H15NO/c1-8-5-9-3-4-10(13-2)6-11(9)12-7-8/h3-4,6,8,12H,5,7H2,1-2H3/t8-/m0/s1. The van der Waals surface area contributed by atoms with E-state index in [1.807, 2.05) is 6.07 Å². The summed E-state index contributed by atoms with van der Waals surface area (Å²) in [6.07, 6.45) is 1.17. The third-order valence-electron chi connectivity index (χ3n) is 2.53. The molecular weight excluding hydrogens is 162 g/mol. The van der Waals surface area contributed by atoms with Crippen molar-refractivity contribution in [2.45, 2.75) is 13.3 Å². The van der Waals surface area contributed by atoms with E-state index in [0.717, 1.165) is 18.2 Å². The maximum Gasteiger partial charge on any atom is 0.120 e. The minimum atomic E-state index is 0.737. The number of hydrogen-bond donors (Lipinski definition) is 1. The van der Waals surface area contributed by atoms with E-state index in [0.29, 0.717) is 0 Å². The van der Waals surface area contributed by atoms with Gasteiger partial charge >= 0.3 is 0 Å². The first-order valence-electron chi connectivity index (χ1n) is 4.70. The molecule has 0 unspecified atom stereocenters. The van der Waals surface area contributed by atoms with E-state index in [1.54, 1.807) is 7.11 Å². The molecule has 1 atom stereocenters. The molecule has 0 spiro atoms. The Bertz CT molecular complexity index is 309. The molecule has 2 rings (SSSR count). The lowest BCUT2D eigenvalue weighted by Crippen LogP contribution is -2.20. The highest BCUT2D eigenvalue weighted by molar-refractivity contribution is 5.56. The fourth-order valence-corrected chi connectivity index (χ4v) is 1.76. The first-order chi connectivity index (χ1) is 6.29. The van der Waals surface area contributed by atoms with Crippen molar-refractivity contribution < 1.29 is 4.74 Å². The summed E-state index contributed by atoms with van der Waals surface area (Å²) >= 11 is 0. The fraction of sp³-hybridized carbons (Fsp3) is 0.455. The van der Waals surface area contributed by atoms with Gasteiger partial charge in [0.2, 0.25) is 0 Å². The summed E-state index contributed by atoms with van der Waals surface area (Å²) in [4.78, 5) is 0. The molecular formula is C11H15NO. The second kappa shape index (κ2) is 3.29. The van der Waals surface area contributed by atoms with Gasteiger partial charge in [-0.05, 0) is 24.0 Å². The van der Waals surface area contributed by atoms with E-state index in [9.17, 15) is 0 Å². The molecule has 1 aliphatic rings. The highest BCUT2D eigenvalue weighted by atomic mass is 16.5. The van der Waals surface area contributed by atoms with Crippen molar-refractivity contribution >= 4 is 5.69 Å². The zero-order valence-corrected chi connectivity index (χ0v) is 8.13. The molecule has 0 saturated heterocycles. The van der Waals surface area contributed by atoms with E-state index in [-0.39, 0.29) is 0 Å². The van der Waals surface area contributed by atoms with Crippen molar-refractivity contribution in [2.75, 3.05) is 19.0 Å². The van der Waals surface area contributed by atoms with Crippen LogP contribution in [-0.2, 0) is 6.42 Å². The van der Waals surface area contributed by atoms with E-state index in [2.05, 4.69) is 24.4 Å². The Morgan fingerprint density at radius 3 is 3.08 bits per heavy atom. The predicted octanol–water partition coefficient (Wildman–Crippen LogP) is 2.30. The molecule has 2 heteroatoms. The SMILES string of the molecule is COc1ccc2c(c1)NC[C@@H](C)C2. The van der Waals surface area contributed by atoms with Crippen LogP contribution in [0.3, 0.4) is 0 Å². The van der Waals surface area contributed by atoms with Crippen LogP contribution in [0.4, 0.5) is 5.69 Å². The number of methoxy groups -OCH3 is 1. The van der Waals surface area contributed by atoms with E-state index in [1.165, 1.54) is 17.7 Å². The van der Waals surface area contributed by atoms with E-state index >= 15 is 0 Å². The van der Waals surface area contributed by atoms with Crippen LogP contribution in [0.25, 0.3) is 0 Å². The van der Waals surface area contributed by atoms with Gasteiger partial charge in [0.15, 0.2) is 0 Å². The fourth-order valence-electron chi connectivity index (χ4n) is 1.76. The summed E-state index contributed by atoms with van der Waals surface area (Å²) in [7, 11) is 1.70. The second-order valence-electron chi connectivity index (χ2n) is 3.71. The number of rotatable bonds is 1. The summed E-state index contributed by atoms with van der Waals surface area (Å²) in [6, 6.07) is 6.25. The van der Waals surface area contributed by atoms with Crippen LogP contribution < -0.4 is 10.1 Å². The highest BCUT2D eigenvalue weighted by Gasteiger charge is 2.14. The van der Waals surface area contributed by atoms with Gasteiger partial charge in [-0.25, -0.2) is 0 Å². The summed E-state index contributed by atoms with van der Waals surface area (Å²) in [6.45, 7) is 3.33. The summed E-state index contributed by atoms with van der Waals surface area (Å²) in [5.74, 6) is 1.67. The van der Waals surface area contributed by atoms with Crippen molar-refractivity contribution in [3.05, 3.63) is 23.8 Å². The van der Waals surface area contributed by atoms with Crippen molar-refractivity contribution in [1.29, 1.82) is 0 Å². The van der Waals surface area contributed by atoms with Crippen LogP contribution in [0.1, 0.15) is 12.5 Å². The molecule has 1 aromatic rings. The molecule has 70 valence electrons. The Balaban J connectivity index is 2.31. The molecule has 0 radical (unpaired) electrons. The first-order valence-corrected chi connectivity index (χ1v) is 4.70. The highest BCUT2D eigenvalue weighted by Crippen LogP contribution is 2.28. The monoisotopic (exact) mass is 177 g/mol. The molecule has 1 N–H and O–H groups in total. The Hall–Kier alpha value is -1.18. The Morgan fingerprint density at radius 1 is 1.46 bits per heavy atom. The van der Waals surface area contributed by atoms with Crippen molar-refractivity contribution in [2.24, 2.45) is 5.92 Å². The van der Waals surface area contributed by atoms with Crippen LogP contribution >= 0.6 is 0 Å². The zero-order chi connectivity index (χ0) is 9.26. The number of fused-ring (bicyclic) bond motifs is 1. The molecule has 2 nitrogen and oxygen atoms in total. The van der Waals surface area contributed by atoms with E-state index < -0.39 is 0 Å². The molecule has 1 aliphatic heterocycles. The average Bonchev–Trinajstić information content (AvgIpc) is 2.17. The summed E-state index contributed by atoms with van der Waals surface area (Å²) < 4.78 is 5.17. The number of benzene rings is 1. The maximum atomic E-state index is 5.17.